The maximum absolute atomic E-state index is 5.90. The third-order valence-electron chi connectivity index (χ3n) is 4.80. The van der Waals surface area contributed by atoms with Gasteiger partial charge < -0.3 is 15.4 Å². The van der Waals surface area contributed by atoms with Gasteiger partial charge in [0, 0.05) is 31.9 Å². The second kappa shape index (κ2) is 9.83. The topological polar surface area (TPSA) is 36.5 Å². The lowest BCUT2D eigenvalue weighted by molar-refractivity contribution is -0.0279. The van der Waals surface area contributed by atoms with E-state index in [1.807, 2.05) is 0 Å². The van der Waals surface area contributed by atoms with Crippen molar-refractivity contribution >= 4 is 23.0 Å². The summed E-state index contributed by atoms with van der Waals surface area (Å²) in [5, 5.41) is 7.18. The van der Waals surface area contributed by atoms with Crippen LogP contribution in [0.4, 0.5) is 5.69 Å². The molecule has 0 saturated carbocycles. The number of hydrogen-bond acceptors (Lipinski definition) is 3. The summed E-state index contributed by atoms with van der Waals surface area (Å²) >= 11 is 5.43. The minimum absolute atomic E-state index is 0.144. The Hall–Kier alpha value is -1.95. The second-order valence-electron chi connectivity index (χ2n) is 7.33. The highest BCUT2D eigenvalue weighted by Crippen LogP contribution is 2.17. The maximum atomic E-state index is 5.90. The van der Waals surface area contributed by atoms with Crippen molar-refractivity contribution in [2.24, 2.45) is 0 Å². The van der Waals surface area contributed by atoms with Gasteiger partial charge in [-0.3, -0.25) is 4.90 Å². The van der Waals surface area contributed by atoms with Gasteiger partial charge in [0.1, 0.15) is 0 Å². The van der Waals surface area contributed by atoms with Gasteiger partial charge in [0.25, 0.3) is 0 Å². The lowest BCUT2D eigenvalue weighted by Crippen LogP contribution is -2.47. The molecule has 0 amide bonds. The zero-order chi connectivity index (χ0) is 19.1. The van der Waals surface area contributed by atoms with Crippen LogP contribution in [0.5, 0.6) is 0 Å². The van der Waals surface area contributed by atoms with Crippen LogP contribution >= 0.6 is 12.2 Å². The summed E-state index contributed by atoms with van der Waals surface area (Å²) in [4.78, 5) is 2.44. The Morgan fingerprint density at radius 1 is 1.15 bits per heavy atom. The van der Waals surface area contributed by atoms with Crippen LogP contribution in [0.25, 0.3) is 0 Å². The minimum atomic E-state index is 0.144. The van der Waals surface area contributed by atoms with Gasteiger partial charge in [-0.25, -0.2) is 0 Å². The summed E-state index contributed by atoms with van der Waals surface area (Å²) in [6.07, 6.45) is 0.144. The molecule has 1 atom stereocenters. The molecule has 144 valence electrons. The summed E-state index contributed by atoms with van der Waals surface area (Å²) in [5.74, 6) is 0.534. The molecule has 3 rings (SSSR count). The molecule has 4 nitrogen and oxygen atoms in total. The largest absolute Gasteiger partial charge is 0.374 e. The van der Waals surface area contributed by atoms with Gasteiger partial charge in [-0.2, -0.15) is 0 Å². The van der Waals surface area contributed by atoms with Crippen molar-refractivity contribution in [3.05, 3.63) is 65.7 Å². The van der Waals surface area contributed by atoms with Crippen molar-refractivity contribution in [3.63, 3.8) is 0 Å². The number of nitrogens with one attached hydrogen (secondary N) is 2. The van der Waals surface area contributed by atoms with Crippen LogP contribution in [0, 0.1) is 0 Å². The van der Waals surface area contributed by atoms with E-state index >= 15 is 0 Å². The van der Waals surface area contributed by atoms with Crippen molar-refractivity contribution in [2.75, 3.05) is 31.6 Å². The predicted octanol–water partition coefficient (Wildman–Crippen LogP) is 4.00. The van der Waals surface area contributed by atoms with E-state index in [1.54, 1.807) is 0 Å². The zero-order valence-electron chi connectivity index (χ0n) is 16.2. The number of hydrogen-bond donors (Lipinski definition) is 2. The Kier molecular flexibility index (Phi) is 7.21. The Morgan fingerprint density at radius 2 is 1.89 bits per heavy atom. The Morgan fingerprint density at radius 3 is 2.59 bits per heavy atom. The minimum Gasteiger partial charge on any atom is -0.374 e. The number of morpholine rings is 1. The molecule has 1 aliphatic rings. The molecule has 1 heterocycles. The summed E-state index contributed by atoms with van der Waals surface area (Å²) in [7, 11) is 0. The maximum Gasteiger partial charge on any atom is 0.170 e. The standard InChI is InChI=1S/C22H29N3OS/c1-17(2)19-8-10-20(11-9-19)24-22(27)23-14-21-16-25(12-13-26-21)15-18-6-4-3-5-7-18/h3-11,17,21H,12-16H2,1-2H3,(H2,23,24,27)/t21-/m0/s1. The SMILES string of the molecule is CC(C)c1ccc(NC(=S)NC[C@H]2CN(Cc3ccccc3)CCO2)cc1. The van der Waals surface area contributed by atoms with Crippen molar-refractivity contribution in [1.82, 2.24) is 10.2 Å². The molecule has 0 spiro atoms. The van der Waals surface area contributed by atoms with Gasteiger partial charge in [0.05, 0.1) is 12.7 Å². The van der Waals surface area contributed by atoms with Crippen LogP contribution < -0.4 is 10.6 Å². The Balaban J connectivity index is 1.42. The molecular weight excluding hydrogens is 354 g/mol. The van der Waals surface area contributed by atoms with Gasteiger partial charge >= 0.3 is 0 Å². The number of thiocarbonyl (C=S) groups is 1. The van der Waals surface area contributed by atoms with Gasteiger partial charge in [-0.05, 0) is 41.4 Å². The molecule has 0 aliphatic carbocycles. The van der Waals surface area contributed by atoms with E-state index in [0.29, 0.717) is 17.6 Å². The summed E-state index contributed by atoms with van der Waals surface area (Å²) in [6.45, 7) is 8.70. The first-order valence-electron chi connectivity index (χ1n) is 9.63. The summed E-state index contributed by atoms with van der Waals surface area (Å²) in [5.41, 5.74) is 3.67. The number of ether oxygens (including phenoxy) is 1. The molecular formula is C22H29N3OS. The fraction of sp³-hybridized carbons (Fsp3) is 0.409. The van der Waals surface area contributed by atoms with Gasteiger partial charge in [-0.1, -0.05) is 56.3 Å². The third kappa shape index (κ3) is 6.31. The number of nitrogens with zero attached hydrogens (tertiary/aromatic N) is 1. The Labute approximate surface area is 167 Å². The molecule has 1 fully saturated rings. The normalized spacial score (nSPS) is 17.7. The van der Waals surface area contributed by atoms with Crippen LogP contribution in [0.2, 0.25) is 0 Å². The quantitative estimate of drug-likeness (QED) is 0.738. The smallest absolute Gasteiger partial charge is 0.170 e. The molecule has 0 radical (unpaired) electrons. The summed E-state index contributed by atoms with van der Waals surface area (Å²) < 4.78 is 5.90. The third-order valence-corrected chi connectivity index (χ3v) is 5.04. The fourth-order valence-corrected chi connectivity index (χ4v) is 3.42. The molecule has 2 aromatic rings. The highest BCUT2D eigenvalue weighted by Gasteiger charge is 2.20. The first-order chi connectivity index (χ1) is 13.1. The molecule has 2 N–H and O–H groups in total. The van der Waals surface area contributed by atoms with E-state index in [4.69, 9.17) is 17.0 Å². The molecule has 5 heteroatoms. The van der Waals surface area contributed by atoms with Crippen molar-refractivity contribution in [3.8, 4) is 0 Å². The van der Waals surface area contributed by atoms with Crippen molar-refractivity contribution in [2.45, 2.75) is 32.4 Å². The van der Waals surface area contributed by atoms with Gasteiger partial charge in [0.2, 0.25) is 0 Å². The average Bonchev–Trinajstić information content (AvgIpc) is 2.68. The van der Waals surface area contributed by atoms with Crippen LogP contribution in [-0.4, -0.2) is 42.4 Å². The zero-order valence-corrected chi connectivity index (χ0v) is 17.0. The first-order valence-corrected chi connectivity index (χ1v) is 10.0. The van der Waals surface area contributed by atoms with Gasteiger partial charge in [0.15, 0.2) is 5.11 Å². The molecule has 1 saturated heterocycles. The number of benzene rings is 2. The molecule has 2 aromatic carbocycles. The van der Waals surface area contributed by atoms with E-state index < -0.39 is 0 Å². The lowest BCUT2D eigenvalue weighted by Gasteiger charge is -2.33. The highest BCUT2D eigenvalue weighted by atomic mass is 32.1. The van der Waals surface area contributed by atoms with Crippen LogP contribution in [0.1, 0.15) is 30.9 Å². The first kappa shape index (κ1) is 19.8. The number of rotatable bonds is 6. The van der Waals surface area contributed by atoms with Crippen molar-refractivity contribution in [1.29, 1.82) is 0 Å². The van der Waals surface area contributed by atoms with E-state index in [2.05, 4.69) is 84.0 Å². The molecule has 0 aromatic heterocycles. The Bertz CT molecular complexity index is 718. The van der Waals surface area contributed by atoms with E-state index in [0.717, 1.165) is 31.9 Å². The van der Waals surface area contributed by atoms with E-state index in [9.17, 15) is 0 Å². The van der Waals surface area contributed by atoms with Crippen LogP contribution in [0.3, 0.4) is 0 Å². The second-order valence-corrected chi connectivity index (χ2v) is 7.73. The van der Waals surface area contributed by atoms with E-state index in [-0.39, 0.29) is 6.10 Å². The molecule has 0 unspecified atom stereocenters. The number of anilines is 1. The molecule has 0 bridgehead atoms. The van der Waals surface area contributed by atoms with Crippen LogP contribution in [-0.2, 0) is 11.3 Å². The highest BCUT2D eigenvalue weighted by molar-refractivity contribution is 7.80. The average molecular weight is 384 g/mol. The monoisotopic (exact) mass is 383 g/mol. The van der Waals surface area contributed by atoms with Crippen molar-refractivity contribution < 1.29 is 4.74 Å². The molecule has 1 aliphatic heterocycles. The molecule has 27 heavy (non-hydrogen) atoms. The predicted molar refractivity (Wildman–Crippen MR) is 116 cm³/mol. The summed E-state index contributed by atoms with van der Waals surface area (Å²) in [6, 6.07) is 19.0. The van der Waals surface area contributed by atoms with Crippen LogP contribution in [0.15, 0.2) is 54.6 Å². The fourth-order valence-electron chi connectivity index (χ4n) is 3.22. The van der Waals surface area contributed by atoms with Gasteiger partial charge in [-0.15, -0.1) is 0 Å². The van der Waals surface area contributed by atoms with E-state index in [1.165, 1.54) is 11.1 Å². The lowest BCUT2D eigenvalue weighted by atomic mass is 10.0.